The first-order valence-corrected chi connectivity index (χ1v) is 20.9. The number of sulfonamides is 2. The van der Waals surface area contributed by atoms with Gasteiger partial charge in [-0.1, -0.05) is 0 Å². The van der Waals surface area contributed by atoms with Gasteiger partial charge >= 0.3 is 24.7 Å². The maximum absolute atomic E-state index is 13.8. The predicted octanol–water partition coefficient (Wildman–Crippen LogP) is 5.53. The molecule has 0 bridgehead atoms. The molecule has 0 unspecified atom stereocenters. The minimum Gasteiger partial charge on any atom is -0.633 e. The van der Waals surface area contributed by atoms with E-state index >= 15 is 0 Å². The molecule has 0 aliphatic heterocycles. The number of hydrogen-bond donors (Lipinski definition) is 2. The van der Waals surface area contributed by atoms with Crippen LogP contribution < -0.4 is 0 Å². The van der Waals surface area contributed by atoms with Crippen LogP contribution in [0.25, 0.3) is 0 Å². The van der Waals surface area contributed by atoms with Gasteiger partial charge in [0, 0.05) is 51.9 Å². The second kappa shape index (κ2) is 24.5. The zero-order valence-corrected chi connectivity index (χ0v) is 36.1. The summed E-state index contributed by atoms with van der Waals surface area (Å²) in [5.41, 5.74) is -11.3. The molecule has 0 amide bonds. The normalized spacial score (nSPS) is 14.4. The molecule has 0 aromatic heterocycles. The van der Waals surface area contributed by atoms with Gasteiger partial charge < -0.3 is 29.5 Å². The van der Waals surface area contributed by atoms with Crippen molar-refractivity contribution in [3.63, 3.8) is 0 Å². The van der Waals surface area contributed by atoms with Gasteiger partial charge in [0.25, 0.3) is 11.3 Å². The van der Waals surface area contributed by atoms with Crippen LogP contribution in [0.15, 0.2) is 0 Å². The SMILES string of the molecule is CN(C)CCCN(CCCN(C)C)S(=O)(=O)CCC(F)(C(F)(F)F)C(F)(F)F.C[N+](C)([O-])CCCN(CCC[N+](C)(C)[O-])S(=O)(=O)CCC(F)(C(F)(F)F)C(F)(F)F.OO. The molecule has 0 fully saturated rings. The Morgan fingerprint density at radius 2 is 0.667 bits per heavy atom. The largest absolute Gasteiger partial charge is 0.633 e. The Balaban J connectivity index is -0.00000104. The maximum Gasteiger partial charge on any atom is 0.431 e. The zero-order valence-electron chi connectivity index (χ0n) is 34.4. The third-order valence-corrected chi connectivity index (χ3v) is 12.0. The van der Waals surface area contributed by atoms with Crippen molar-refractivity contribution in [2.75, 3.05) is 120 Å². The predicted molar refractivity (Wildman–Crippen MR) is 193 cm³/mol. The van der Waals surface area contributed by atoms with Crippen molar-refractivity contribution in [1.82, 2.24) is 18.4 Å². The number of hydrogen-bond acceptors (Lipinski definition) is 10. The summed E-state index contributed by atoms with van der Waals surface area (Å²) >= 11 is 0. The smallest absolute Gasteiger partial charge is 0.431 e. The molecule has 0 aliphatic carbocycles. The van der Waals surface area contributed by atoms with Gasteiger partial charge in [0.15, 0.2) is 0 Å². The van der Waals surface area contributed by atoms with Crippen molar-refractivity contribution in [2.24, 2.45) is 0 Å². The fraction of sp³-hybridized carbons (Fsp3) is 1.00. The Morgan fingerprint density at radius 3 is 0.850 bits per heavy atom. The topological polar surface area (TPSA) is 168 Å². The summed E-state index contributed by atoms with van der Waals surface area (Å²) in [5, 5.41) is 35.2. The van der Waals surface area contributed by atoms with E-state index < -0.39 is 89.7 Å². The summed E-state index contributed by atoms with van der Waals surface area (Å²) in [6.45, 7) is -0.0987. The van der Waals surface area contributed by atoms with Crippen molar-refractivity contribution >= 4 is 20.0 Å². The van der Waals surface area contributed by atoms with Gasteiger partial charge in [0.2, 0.25) is 20.0 Å². The van der Waals surface area contributed by atoms with E-state index in [1.807, 2.05) is 0 Å². The molecule has 0 aromatic carbocycles. The van der Waals surface area contributed by atoms with Gasteiger partial charge in [0.05, 0.1) is 52.8 Å². The van der Waals surface area contributed by atoms with Gasteiger partial charge in [-0.2, -0.15) is 52.7 Å². The van der Waals surface area contributed by atoms with Crippen LogP contribution in [0.2, 0.25) is 0 Å². The van der Waals surface area contributed by atoms with Crippen LogP contribution in [0.4, 0.5) is 61.5 Å². The number of alkyl halides is 14. The molecule has 30 heteroatoms. The van der Waals surface area contributed by atoms with E-state index in [1.165, 1.54) is 28.2 Å². The van der Waals surface area contributed by atoms with Crippen LogP contribution in [-0.4, -0.2) is 211 Å². The average Bonchev–Trinajstić information content (AvgIpc) is 3.02. The standard InChI is InChI=1S/C15H28F7N3O4S.C15H28F7N3O2S.H2O2/c1-24(2,26)10-5-8-23(9-6-11-25(3,4)27)30(28,29)12-7-13(16,14(17,18)19)15(20,21)22;1-23(2)8-5-10-25(11-6-9-24(3)4)28(26,27)12-7-13(16,14(17,18)19)15(20,21)22;1-2/h5-12H2,1-4H3;5-12H2,1-4H3;1-2H. The fourth-order valence-corrected chi connectivity index (χ4v) is 8.07. The van der Waals surface area contributed by atoms with E-state index in [-0.39, 0.29) is 52.1 Å². The minimum absolute atomic E-state index is 0.0370. The Bertz CT molecular complexity index is 1360. The Morgan fingerprint density at radius 1 is 0.450 bits per heavy atom. The number of hydroxylamine groups is 6. The summed E-state index contributed by atoms with van der Waals surface area (Å²) in [7, 11) is 2.73. The van der Waals surface area contributed by atoms with Gasteiger partial charge in [-0.25, -0.2) is 34.2 Å². The lowest BCUT2D eigenvalue weighted by atomic mass is 10.0. The molecule has 0 heterocycles. The molecule has 2 N–H and O–H groups in total. The summed E-state index contributed by atoms with van der Waals surface area (Å²) in [6, 6.07) is 0. The molecule has 0 rings (SSSR count). The van der Waals surface area contributed by atoms with Crippen molar-refractivity contribution in [3.8, 4) is 0 Å². The van der Waals surface area contributed by atoms with Crippen LogP contribution >= 0.6 is 0 Å². The summed E-state index contributed by atoms with van der Waals surface area (Å²) in [4.78, 5) is 3.51. The van der Waals surface area contributed by atoms with Crippen LogP contribution in [0.5, 0.6) is 0 Å². The number of halogens is 14. The van der Waals surface area contributed by atoms with E-state index in [2.05, 4.69) is 0 Å². The molecule has 0 aromatic rings. The van der Waals surface area contributed by atoms with Gasteiger partial charge in [-0.05, 0) is 54.1 Å². The molecule has 0 atom stereocenters. The highest BCUT2D eigenvalue weighted by molar-refractivity contribution is 7.89. The highest BCUT2D eigenvalue weighted by Gasteiger charge is 2.73. The van der Waals surface area contributed by atoms with E-state index in [4.69, 9.17) is 10.5 Å². The van der Waals surface area contributed by atoms with Crippen LogP contribution in [-0.2, 0) is 20.0 Å². The molecule has 0 spiro atoms. The van der Waals surface area contributed by atoms with E-state index in [0.717, 1.165) is 4.31 Å². The third kappa shape index (κ3) is 23.3. The van der Waals surface area contributed by atoms with Crippen LogP contribution in [0.3, 0.4) is 0 Å². The first-order valence-electron chi connectivity index (χ1n) is 17.6. The summed E-state index contributed by atoms with van der Waals surface area (Å²) < 4.78 is 229. The van der Waals surface area contributed by atoms with Crippen LogP contribution in [0, 0.1) is 10.4 Å². The Labute approximate surface area is 341 Å². The van der Waals surface area contributed by atoms with Crippen LogP contribution in [0.1, 0.15) is 38.5 Å². The third-order valence-electron chi connectivity index (χ3n) is 8.23. The average molecular weight is 961 g/mol. The molecule has 0 saturated heterocycles. The van der Waals surface area contributed by atoms with Crippen molar-refractivity contribution < 1.29 is 98.1 Å². The molecule has 60 heavy (non-hydrogen) atoms. The molecule has 0 saturated carbocycles. The highest BCUT2D eigenvalue weighted by atomic mass is 32.2. The fourth-order valence-electron chi connectivity index (χ4n) is 4.85. The van der Waals surface area contributed by atoms with Gasteiger partial charge in [-0.15, -0.1) is 0 Å². The lowest BCUT2D eigenvalue weighted by Gasteiger charge is -2.36. The Hall–Kier alpha value is -1.48. The Kier molecular flexibility index (Phi) is 25.7. The molecule has 14 nitrogen and oxygen atoms in total. The van der Waals surface area contributed by atoms with E-state index in [1.54, 1.807) is 38.0 Å². The maximum atomic E-state index is 13.8. The van der Waals surface area contributed by atoms with Crippen molar-refractivity contribution in [3.05, 3.63) is 10.4 Å². The second-order valence-corrected chi connectivity index (χ2v) is 19.3. The molecule has 0 radical (unpaired) electrons. The zero-order chi connectivity index (χ0) is 48.6. The molecule has 0 aliphatic rings. The summed E-state index contributed by atoms with van der Waals surface area (Å²) in [6.07, 6.45) is -29.2. The lowest BCUT2D eigenvalue weighted by Crippen LogP contribution is -2.54. The van der Waals surface area contributed by atoms with E-state index in [9.17, 15) is 88.7 Å². The van der Waals surface area contributed by atoms with Crippen molar-refractivity contribution in [1.29, 1.82) is 0 Å². The second-order valence-electron chi connectivity index (χ2n) is 15.1. The first-order chi connectivity index (χ1) is 26.5. The highest BCUT2D eigenvalue weighted by Crippen LogP contribution is 2.49. The minimum atomic E-state index is -6.35. The number of rotatable bonds is 24. The first kappa shape index (κ1) is 62.8. The molecular weight excluding hydrogens is 902 g/mol. The molecule has 366 valence electrons. The van der Waals surface area contributed by atoms with Gasteiger partial charge in [0.1, 0.15) is 0 Å². The monoisotopic (exact) mass is 960 g/mol. The van der Waals surface area contributed by atoms with Crippen molar-refractivity contribution in [2.45, 2.75) is 74.6 Å². The summed E-state index contributed by atoms with van der Waals surface area (Å²) in [5.74, 6) is -3.33. The number of quaternary nitrogens is 2. The molecular formula is C30H58F14N6O8S2. The number of nitrogens with zero attached hydrogens (tertiary/aromatic N) is 6. The lowest BCUT2D eigenvalue weighted by molar-refractivity contribution is -0.840. The van der Waals surface area contributed by atoms with E-state index in [0.29, 0.717) is 30.2 Å². The quantitative estimate of drug-likeness (QED) is 0.0544. The van der Waals surface area contributed by atoms with Gasteiger partial charge in [-0.3, -0.25) is 10.5 Å².